The van der Waals surface area contributed by atoms with Crippen molar-refractivity contribution in [2.45, 2.75) is 42.7 Å². The largest absolute Gasteiger partial charge is 0.381 e. The van der Waals surface area contributed by atoms with Crippen LogP contribution in [0.25, 0.3) is 0 Å². The van der Waals surface area contributed by atoms with E-state index >= 15 is 0 Å². The highest BCUT2D eigenvalue weighted by atomic mass is 35.5. The van der Waals surface area contributed by atoms with Crippen molar-refractivity contribution in [2.75, 3.05) is 24.8 Å². The number of nitrogens with two attached hydrogens (primary N) is 1. The number of aliphatic imine (C=N–C) groups is 1. The third-order valence-corrected chi connectivity index (χ3v) is 7.90. The third-order valence-electron chi connectivity index (χ3n) is 6.12. The fourth-order valence-corrected chi connectivity index (χ4v) is 5.91. The molecule has 0 bridgehead atoms. The Labute approximate surface area is 209 Å². The number of nitrogens with zero attached hydrogens (tertiary/aromatic N) is 2. The zero-order chi connectivity index (χ0) is 24.7. The van der Waals surface area contributed by atoms with Crippen LogP contribution in [0.3, 0.4) is 0 Å². The quantitative estimate of drug-likeness (QED) is 0.608. The Morgan fingerprint density at radius 2 is 1.88 bits per heavy atom. The molecule has 1 amide bonds. The smallest absolute Gasteiger partial charge is 0.232 e. The molecule has 182 valence electrons. The monoisotopic (exact) mass is 524 g/mol. The van der Waals surface area contributed by atoms with Crippen LogP contribution in [-0.2, 0) is 24.9 Å². The molecule has 34 heavy (non-hydrogen) atoms. The Kier molecular flexibility index (Phi) is 6.83. The number of carbonyl (C=O) groups is 1. The van der Waals surface area contributed by atoms with Crippen LogP contribution in [0.2, 0.25) is 10.0 Å². The number of hydrogen-bond acceptors (Lipinski definition) is 7. The van der Waals surface area contributed by atoms with Gasteiger partial charge in [0.05, 0.1) is 33.3 Å². The van der Waals surface area contributed by atoms with Crippen LogP contribution in [0.4, 0.5) is 11.4 Å². The summed E-state index contributed by atoms with van der Waals surface area (Å²) in [6, 6.07) is 9.81. The van der Waals surface area contributed by atoms with Gasteiger partial charge in [0.1, 0.15) is 0 Å². The number of ether oxygens (including phenoxy) is 1. The molecular formula is C23H26Cl2N4O4S. The summed E-state index contributed by atoms with van der Waals surface area (Å²) in [4.78, 5) is 19.5. The third kappa shape index (κ3) is 4.88. The molecule has 4 rings (SSSR count). The molecule has 3 N–H and O–H groups in total. The second-order valence-electron chi connectivity index (χ2n) is 8.73. The van der Waals surface area contributed by atoms with E-state index in [0.29, 0.717) is 53.0 Å². The van der Waals surface area contributed by atoms with Gasteiger partial charge in [0.25, 0.3) is 0 Å². The Balaban J connectivity index is 1.69. The van der Waals surface area contributed by atoms with Gasteiger partial charge in [-0.2, -0.15) is 0 Å². The number of hydrogen-bond donors (Lipinski definition) is 2. The maximum atomic E-state index is 13.2. The van der Waals surface area contributed by atoms with Crippen molar-refractivity contribution in [3.63, 3.8) is 0 Å². The molecule has 2 aliphatic heterocycles. The van der Waals surface area contributed by atoms with Crippen molar-refractivity contribution < 1.29 is 17.9 Å². The number of nitrogens with one attached hydrogen (secondary N) is 1. The first kappa shape index (κ1) is 24.8. The minimum absolute atomic E-state index is 0.0302. The lowest BCUT2D eigenvalue weighted by atomic mass is 9.86. The number of guanidine groups is 1. The Hall–Kier alpha value is -2.33. The summed E-state index contributed by atoms with van der Waals surface area (Å²) in [5.74, 6) is 0.0468. The first-order valence-electron chi connectivity index (χ1n) is 10.8. The highest BCUT2D eigenvalue weighted by molar-refractivity contribution is 7.90. The van der Waals surface area contributed by atoms with Gasteiger partial charge in [-0.3, -0.25) is 9.69 Å². The van der Waals surface area contributed by atoms with E-state index in [-0.39, 0.29) is 29.2 Å². The van der Waals surface area contributed by atoms with Gasteiger partial charge in [-0.25, -0.2) is 13.4 Å². The van der Waals surface area contributed by atoms with E-state index in [0.717, 1.165) is 6.26 Å². The SMILES string of the molecule is C[C@@]1(c2cccc(Nc3ccc(Cl)cc3S(C)(=O)=O)c2Cl)CC(=O)N(C2CCOCC2)C(N)=N1. The molecule has 2 aromatic rings. The summed E-state index contributed by atoms with van der Waals surface area (Å²) >= 11 is 12.8. The number of anilines is 2. The second kappa shape index (κ2) is 9.37. The van der Waals surface area contributed by atoms with Crippen LogP contribution in [-0.4, -0.2) is 50.7 Å². The number of carbonyl (C=O) groups excluding carboxylic acids is 1. The number of halogens is 2. The van der Waals surface area contributed by atoms with Crippen molar-refractivity contribution in [1.82, 2.24) is 4.90 Å². The van der Waals surface area contributed by atoms with E-state index in [1.165, 1.54) is 6.07 Å². The standard InChI is InChI=1S/C23H26Cl2N4O4S/c1-23(13-20(30)29(22(26)28-23)15-8-10-33-11-9-15)16-4-3-5-18(21(16)25)27-17-7-6-14(24)12-19(17)34(2,31)32/h3-7,12,15,27H,8-11,13H2,1-2H3,(H2,26,28)/t23-/m0/s1. The summed E-state index contributed by atoms with van der Waals surface area (Å²) < 4.78 is 29.9. The van der Waals surface area contributed by atoms with E-state index in [2.05, 4.69) is 5.32 Å². The minimum Gasteiger partial charge on any atom is -0.381 e. The number of sulfone groups is 1. The molecule has 1 atom stereocenters. The Bertz CT molecular complexity index is 1260. The van der Waals surface area contributed by atoms with E-state index in [1.54, 1.807) is 35.2 Å². The molecule has 2 aliphatic rings. The van der Waals surface area contributed by atoms with Crippen molar-refractivity contribution in [1.29, 1.82) is 0 Å². The van der Waals surface area contributed by atoms with Gasteiger partial charge < -0.3 is 15.8 Å². The predicted molar refractivity (Wildman–Crippen MR) is 134 cm³/mol. The normalized spacial score (nSPS) is 21.9. The van der Waals surface area contributed by atoms with Crippen LogP contribution >= 0.6 is 23.2 Å². The fourth-order valence-electron chi connectivity index (χ4n) is 4.44. The van der Waals surface area contributed by atoms with E-state index in [4.69, 9.17) is 38.7 Å². The van der Waals surface area contributed by atoms with Gasteiger partial charge in [0.2, 0.25) is 5.91 Å². The number of amides is 1. The fraction of sp³-hybridized carbons (Fsp3) is 0.391. The molecule has 2 aromatic carbocycles. The topological polar surface area (TPSA) is 114 Å². The van der Waals surface area contributed by atoms with Crippen LogP contribution < -0.4 is 11.1 Å². The van der Waals surface area contributed by atoms with E-state index < -0.39 is 15.4 Å². The first-order valence-corrected chi connectivity index (χ1v) is 13.4. The molecule has 0 aromatic heterocycles. The highest BCUT2D eigenvalue weighted by Gasteiger charge is 2.41. The molecular weight excluding hydrogens is 499 g/mol. The first-order chi connectivity index (χ1) is 16.0. The van der Waals surface area contributed by atoms with Gasteiger partial charge in [-0.05, 0) is 44.0 Å². The maximum absolute atomic E-state index is 13.2. The van der Waals surface area contributed by atoms with Crippen molar-refractivity contribution >= 4 is 56.3 Å². The maximum Gasteiger partial charge on any atom is 0.232 e. The molecule has 0 saturated carbocycles. The van der Waals surface area contributed by atoms with Gasteiger partial charge in [-0.15, -0.1) is 0 Å². The number of benzene rings is 2. The summed E-state index contributed by atoms with van der Waals surface area (Å²) in [5.41, 5.74) is 6.73. The van der Waals surface area contributed by atoms with Crippen molar-refractivity contribution in [2.24, 2.45) is 10.7 Å². The lowest BCUT2D eigenvalue weighted by Crippen LogP contribution is -2.55. The number of rotatable bonds is 5. The van der Waals surface area contributed by atoms with Crippen LogP contribution in [0.1, 0.15) is 31.7 Å². The average molecular weight is 525 g/mol. The summed E-state index contributed by atoms with van der Waals surface area (Å²) in [5, 5.41) is 3.72. The lowest BCUT2D eigenvalue weighted by molar-refractivity contribution is -0.132. The Morgan fingerprint density at radius 3 is 2.53 bits per heavy atom. The predicted octanol–water partition coefficient (Wildman–Crippen LogP) is 4.08. The van der Waals surface area contributed by atoms with E-state index in [9.17, 15) is 13.2 Å². The van der Waals surface area contributed by atoms with Crippen LogP contribution in [0, 0.1) is 0 Å². The van der Waals surface area contributed by atoms with Gasteiger partial charge >= 0.3 is 0 Å². The molecule has 0 unspecified atom stereocenters. The van der Waals surface area contributed by atoms with Crippen molar-refractivity contribution in [3.8, 4) is 0 Å². The molecule has 0 radical (unpaired) electrons. The van der Waals surface area contributed by atoms with Gasteiger partial charge in [-0.1, -0.05) is 35.3 Å². The molecule has 1 saturated heterocycles. The summed E-state index contributed by atoms with van der Waals surface area (Å²) in [6.07, 6.45) is 2.63. The zero-order valence-corrected chi connectivity index (χ0v) is 21.2. The Morgan fingerprint density at radius 1 is 1.18 bits per heavy atom. The van der Waals surface area contributed by atoms with Crippen LogP contribution in [0.5, 0.6) is 0 Å². The summed E-state index contributed by atoms with van der Waals surface area (Å²) in [6.45, 7) is 2.98. The molecule has 0 aliphatic carbocycles. The second-order valence-corrected chi connectivity index (χ2v) is 11.5. The minimum atomic E-state index is -3.55. The van der Waals surface area contributed by atoms with Gasteiger partial charge in [0.15, 0.2) is 15.8 Å². The lowest BCUT2D eigenvalue weighted by Gasteiger charge is -2.40. The van der Waals surface area contributed by atoms with Crippen LogP contribution in [0.15, 0.2) is 46.3 Å². The molecule has 0 spiro atoms. The van der Waals surface area contributed by atoms with E-state index in [1.807, 2.05) is 6.92 Å². The molecule has 8 nitrogen and oxygen atoms in total. The molecule has 11 heteroatoms. The average Bonchev–Trinajstić information content (AvgIpc) is 2.75. The molecule has 1 fully saturated rings. The zero-order valence-electron chi connectivity index (χ0n) is 18.8. The molecule has 2 heterocycles. The van der Waals surface area contributed by atoms with Crippen molar-refractivity contribution in [3.05, 3.63) is 52.0 Å². The summed E-state index contributed by atoms with van der Waals surface area (Å²) in [7, 11) is -3.55. The highest BCUT2D eigenvalue weighted by Crippen LogP contribution is 2.42. The van der Waals surface area contributed by atoms with Gasteiger partial charge in [0, 0.05) is 36.1 Å².